The zero-order valence-corrected chi connectivity index (χ0v) is 13.1. The van der Waals surface area contributed by atoms with Crippen molar-refractivity contribution in [2.24, 2.45) is 5.92 Å². The zero-order valence-electron chi connectivity index (χ0n) is 13.1. The number of amides is 1. The molecule has 0 saturated carbocycles. The van der Waals surface area contributed by atoms with E-state index in [4.69, 9.17) is 0 Å². The first kappa shape index (κ1) is 15.6. The van der Waals surface area contributed by atoms with Gasteiger partial charge in [0.2, 0.25) is 0 Å². The maximum absolute atomic E-state index is 12.1. The Kier molecular flexibility index (Phi) is 5.31. The van der Waals surface area contributed by atoms with E-state index in [0.29, 0.717) is 18.2 Å². The first-order valence-corrected chi connectivity index (χ1v) is 8.09. The number of piperidine rings is 1. The van der Waals surface area contributed by atoms with Crippen molar-refractivity contribution in [3.63, 3.8) is 0 Å². The second-order valence-corrected chi connectivity index (χ2v) is 5.91. The second-order valence-electron chi connectivity index (χ2n) is 5.91. The molecule has 23 heavy (non-hydrogen) atoms. The number of pyridine rings is 1. The van der Waals surface area contributed by atoms with Gasteiger partial charge >= 0.3 is 0 Å². The molecule has 7 nitrogen and oxygen atoms in total. The highest BCUT2D eigenvalue weighted by Crippen LogP contribution is 2.11. The molecule has 1 saturated heterocycles. The van der Waals surface area contributed by atoms with E-state index in [1.165, 1.54) is 12.8 Å². The molecule has 0 spiro atoms. The van der Waals surface area contributed by atoms with Crippen molar-refractivity contribution in [3.05, 3.63) is 42.0 Å². The third-order valence-electron chi connectivity index (χ3n) is 4.04. The van der Waals surface area contributed by atoms with Crippen LogP contribution in [-0.4, -0.2) is 45.5 Å². The van der Waals surface area contributed by atoms with Gasteiger partial charge in [0, 0.05) is 25.5 Å². The number of rotatable bonds is 6. The summed E-state index contributed by atoms with van der Waals surface area (Å²) in [6.07, 6.45) is 8.42. The van der Waals surface area contributed by atoms with E-state index in [-0.39, 0.29) is 5.91 Å². The summed E-state index contributed by atoms with van der Waals surface area (Å²) in [4.78, 5) is 16.1. The molecular weight excluding hydrogens is 292 g/mol. The van der Waals surface area contributed by atoms with Gasteiger partial charge in [-0.3, -0.25) is 14.5 Å². The van der Waals surface area contributed by atoms with Gasteiger partial charge in [0.15, 0.2) is 5.69 Å². The fourth-order valence-corrected chi connectivity index (χ4v) is 2.79. The molecule has 2 N–H and O–H groups in total. The lowest BCUT2D eigenvalue weighted by atomic mass is 10.00. The van der Waals surface area contributed by atoms with Gasteiger partial charge in [-0.2, -0.15) is 0 Å². The maximum Gasteiger partial charge on any atom is 0.273 e. The van der Waals surface area contributed by atoms with E-state index in [1.807, 2.05) is 12.1 Å². The van der Waals surface area contributed by atoms with E-state index in [2.05, 4.69) is 25.9 Å². The van der Waals surface area contributed by atoms with E-state index in [1.54, 1.807) is 23.3 Å². The molecule has 2 aromatic heterocycles. The zero-order chi connectivity index (χ0) is 15.9. The Balaban J connectivity index is 1.46. The minimum atomic E-state index is -0.179. The number of hydrogen-bond donors (Lipinski definition) is 2. The molecule has 2 aromatic rings. The van der Waals surface area contributed by atoms with Crippen molar-refractivity contribution in [1.29, 1.82) is 0 Å². The molecule has 1 amide bonds. The molecule has 7 heteroatoms. The number of nitrogens with one attached hydrogen (secondary N) is 2. The maximum atomic E-state index is 12.1. The first-order chi connectivity index (χ1) is 11.3. The Morgan fingerprint density at radius 2 is 2.43 bits per heavy atom. The van der Waals surface area contributed by atoms with Crippen LogP contribution in [0.1, 0.15) is 28.9 Å². The topological polar surface area (TPSA) is 84.7 Å². The van der Waals surface area contributed by atoms with Gasteiger partial charge in [-0.05, 0) is 49.9 Å². The Bertz CT molecular complexity index is 621. The lowest BCUT2D eigenvalue weighted by Gasteiger charge is -2.22. The van der Waals surface area contributed by atoms with Gasteiger partial charge in [0.05, 0.1) is 6.20 Å². The fourth-order valence-electron chi connectivity index (χ4n) is 2.79. The van der Waals surface area contributed by atoms with Crippen molar-refractivity contribution in [2.45, 2.75) is 25.8 Å². The quantitative estimate of drug-likeness (QED) is 0.817. The first-order valence-electron chi connectivity index (χ1n) is 8.09. The standard InChI is InChI=1S/C16H22N6O/c23-16(19-8-5-13-3-1-6-17-9-13)15-12-22(21-20-15)11-14-4-2-7-18-10-14/h1,3,6,9,12,14,18H,2,4-5,7-8,10-11H2,(H,19,23)/t14-/m1/s1. The summed E-state index contributed by atoms with van der Waals surface area (Å²) < 4.78 is 1.77. The summed E-state index contributed by atoms with van der Waals surface area (Å²) in [7, 11) is 0. The SMILES string of the molecule is O=C(NCCc1cccnc1)c1cn(C[C@@H]2CCCNC2)nn1. The Morgan fingerprint density at radius 3 is 3.22 bits per heavy atom. The average Bonchev–Trinajstić information content (AvgIpc) is 3.05. The van der Waals surface area contributed by atoms with Crippen LogP contribution in [0.2, 0.25) is 0 Å². The van der Waals surface area contributed by atoms with Crippen LogP contribution in [0.4, 0.5) is 0 Å². The molecule has 0 aliphatic carbocycles. The number of hydrogen-bond acceptors (Lipinski definition) is 5. The van der Waals surface area contributed by atoms with Gasteiger partial charge in [-0.25, -0.2) is 0 Å². The monoisotopic (exact) mass is 314 g/mol. The summed E-state index contributed by atoms with van der Waals surface area (Å²) in [5.41, 5.74) is 1.47. The van der Waals surface area contributed by atoms with Gasteiger partial charge in [0.1, 0.15) is 0 Å². The molecule has 0 aromatic carbocycles. The molecule has 3 heterocycles. The third-order valence-corrected chi connectivity index (χ3v) is 4.04. The van der Waals surface area contributed by atoms with Crippen molar-refractivity contribution in [1.82, 2.24) is 30.6 Å². The molecule has 1 fully saturated rings. The van der Waals surface area contributed by atoms with Crippen LogP contribution < -0.4 is 10.6 Å². The molecule has 1 atom stereocenters. The van der Waals surface area contributed by atoms with E-state index < -0.39 is 0 Å². The number of carbonyl (C=O) groups excluding carboxylic acids is 1. The van der Waals surface area contributed by atoms with Crippen molar-refractivity contribution in [3.8, 4) is 0 Å². The van der Waals surface area contributed by atoms with Crippen LogP contribution in [0.25, 0.3) is 0 Å². The highest BCUT2D eigenvalue weighted by Gasteiger charge is 2.16. The molecule has 0 radical (unpaired) electrons. The number of aromatic nitrogens is 4. The average molecular weight is 314 g/mol. The smallest absolute Gasteiger partial charge is 0.273 e. The van der Waals surface area contributed by atoms with Gasteiger partial charge < -0.3 is 10.6 Å². The van der Waals surface area contributed by atoms with E-state index >= 15 is 0 Å². The molecule has 3 rings (SSSR count). The summed E-state index contributed by atoms with van der Waals surface area (Å²) in [6.45, 7) is 3.47. The van der Waals surface area contributed by atoms with Crippen LogP contribution >= 0.6 is 0 Å². The van der Waals surface area contributed by atoms with E-state index in [0.717, 1.165) is 31.6 Å². The highest BCUT2D eigenvalue weighted by molar-refractivity contribution is 5.91. The minimum Gasteiger partial charge on any atom is -0.350 e. The highest BCUT2D eigenvalue weighted by atomic mass is 16.2. The number of carbonyl (C=O) groups is 1. The molecular formula is C16H22N6O. The Morgan fingerprint density at radius 1 is 1.48 bits per heavy atom. The van der Waals surface area contributed by atoms with Gasteiger partial charge in [-0.1, -0.05) is 11.3 Å². The third kappa shape index (κ3) is 4.59. The Labute approximate surface area is 135 Å². The van der Waals surface area contributed by atoms with Gasteiger partial charge in [-0.15, -0.1) is 5.10 Å². The van der Waals surface area contributed by atoms with Crippen molar-refractivity contribution in [2.75, 3.05) is 19.6 Å². The predicted molar refractivity (Wildman–Crippen MR) is 85.9 cm³/mol. The second kappa shape index (κ2) is 7.82. The normalized spacial score (nSPS) is 17.8. The predicted octanol–water partition coefficient (Wildman–Crippen LogP) is 0.645. The summed E-state index contributed by atoms with van der Waals surface area (Å²) in [5.74, 6) is 0.383. The summed E-state index contributed by atoms with van der Waals surface area (Å²) >= 11 is 0. The van der Waals surface area contributed by atoms with Crippen LogP contribution in [0.5, 0.6) is 0 Å². The molecule has 0 unspecified atom stereocenters. The van der Waals surface area contributed by atoms with Crippen molar-refractivity contribution >= 4 is 5.91 Å². The van der Waals surface area contributed by atoms with Crippen LogP contribution in [-0.2, 0) is 13.0 Å². The summed E-state index contributed by atoms with van der Waals surface area (Å²) in [6, 6.07) is 3.89. The summed E-state index contributed by atoms with van der Waals surface area (Å²) in [5, 5.41) is 14.3. The van der Waals surface area contributed by atoms with Crippen molar-refractivity contribution < 1.29 is 4.79 Å². The lowest BCUT2D eigenvalue weighted by molar-refractivity contribution is 0.0949. The lowest BCUT2D eigenvalue weighted by Crippen LogP contribution is -2.32. The molecule has 1 aliphatic rings. The Hall–Kier alpha value is -2.28. The van der Waals surface area contributed by atoms with Crippen LogP contribution in [0, 0.1) is 5.92 Å². The molecule has 1 aliphatic heterocycles. The van der Waals surface area contributed by atoms with Crippen LogP contribution in [0.3, 0.4) is 0 Å². The van der Waals surface area contributed by atoms with Gasteiger partial charge in [0.25, 0.3) is 5.91 Å². The molecule has 122 valence electrons. The van der Waals surface area contributed by atoms with Crippen LogP contribution in [0.15, 0.2) is 30.7 Å². The minimum absolute atomic E-state index is 0.179. The number of nitrogens with zero attached hydrogens (tertiary/aromatic N) is 4. The molecule has 0 bridgehead atoms. The largest absolute Gasteiger partial charge is 0.350 e. The van der Waals surface area contributed by atoms with E-state index in [9.17, 15) is 4.79 Å². The fraction of sp³-hybridized carbons (Fsp3) is 0.500.